The quantitative estimate of drug-likeness (QED) is 0.890. The first-order valence-corrected chi connectivity index (χ1v) is 8.42. The highest BCUT2D eigenvalue weighted by molar-refractivity contribution is 5.68. The maximum absolute atomic E-state index is 12.3. The molecular weight excluding hydrogens is 308 g/mol. The lowest BCUT2D eigenvalue weighted by atomic mass is 9.96. The van der Waals surface area contributed by atoms with E-state index >= 15 is 0 Å². The highest BCUT2D eigenvalue weighted by Gasteiger charge is 2.36. The molecule has 7 heteroatoms. The molecule has 0 radical (unpaired) electrons. The molecule has 1 aliphatic rings. The SMILES string of the molecule is CCNC(c1nccnc1OC)C1CCN(C(=O)OC(C)(C)C)C1. The van der Waals surface area contributed by atoms with Gasteiger partial charge in [-0.1, -0.05) is 6.92 Å². The van der Waals surface area contributed by atoms with Crippen LogP contribution in [-0.2, 0) is 4.74 Å². The molecule has 7 nitrogen and oxygen atoms in total. The van der Waals surface area contributed by atoms with Gasteiger partial charge in [-0.2, -0.15) is 0 Å². The Morgan fingerprint density at radius 3 is 2.75 bits per heavy atom. The van der Waals surface area contributed by atoms with Gasteiger partial charge in [0, 0.05) is 25.5 Å². The summed E-state index contributed by atoms with van der Waals surface area (Å²) in [7, 11) is 1.60. The first-order chi connectivity index (χ1) is 11.4. The van der Waals surface area contributed by atoms with Crippen molar-refractivity contribution in [2.45, 2.75) is 45.8 Å². The molecule has 1 fully saturated rings. The second kappa shape index (κ2) is 7.79. The fraction of sp³-hybridized carbons (Fsp3) is 0.706. The average molecular weight is 336 g/mol. The molecule has 0 aromatic carbocycles. The Bertz CT molecular complexity index is 559. The van der Waals surface area contributed by atoms with E-state index in [-0.39, 0.29) is 18.1 Å². The average Bonchev–Trinajstić information content (AvgIpc) is 3.01. The van der Waals surface area contributed by atoms with E-state index in [0.717, 1.165) is 18.7 Å². The molecule has 0 aliphatic carbocycles. The fourth-order valence-corrected chi connectivity index (χ4v) is 2.96. The number of amides is 1. The molecule has 1 aromatic heterocycles. The summed E-state index contributed by atoms with van der Waals surface area (Å²) in [5.41, 5.74) is 0.308. The van der Waals surface area contributed by atoms with Gasteiger partial charge in [0.15, 0.2) is 0 Å². The summed E-state index contributed by atoms with van der Waals surface area (Å²) in [5.74, 6) is 0.766. The van der Waals surface area contributed by atoms with Crippen LogP contribution in [0.5, 0.6) is 5.88 Å². The molecule has 1 saturated heterocycles. The van der Waals surface area contributed by atoms with Crippen LogP contribution in [0.4, 0.5) is 4.79 Å². The summed E-state index contributed by atoms with van der Waals surface area (Å²) in [6, 6.07) is -0.00825. The van der Waals surface area contributed by atoms with Crippen LogP contribution in [0.3, 0.4) is 0 Å². The van der Waals surface area contributed by atoms with Crippen LogP contribution in [0.1, 0.15) is 45.9 Å². The minimum atomic E-state index is -0.482. The van der Waals surface area contributed by atoms with E-state index in [4.69, 9.17) is 9.47 Å². The van der Waals surface area contributed by atoms with Crippen molar-refractivity contribution in [2.24, 2.45) is 5.92 Å². The van der Waals surface area contributed by atoms with Crippen LogP contribution in [0, 0.1) is 5.92 Å². The molecule has 0 saturated carbocycles. The Morgan fingerprint density at radius 1 is 1.42 bits per heavy atom. The summed E-state index contributed by atoms with van der Waals surface area (Å²) in [6.45, 7) is 9.80. The van der Waals surface area contributed by atoms with Crippen LogP contribution in [-0.4, -0.2) is 53.3 Å². The predicted molar refractivity (Wildman–Crippen MR) is 90.9 cm³/mol. The lowest BCUT2D eigenvalue weighted by Crippen LogP contribution is -2.37. The Balaban J connectivity index is 2.12. The first-order valence-electron chi connectivity index (χ1n) is 8.42. The molecule has 1 aromatic rings. The number of rotatable bonds is 5. The van der Waals surface area contributed by atoms with Gasteiger partial charge >= 0.3 is 6.09 Å². The number of carbonyl (C=O) groups excluding carboxylic acids is 1. The Labute approximate surface area is 143 Å². The molecule has 24 heavy (non-hydrogen) atoms. The Kier molecular flexibility index (Phi) is 5.99. The molecule has 1 N–H and O–H groups in total. The van der Waals surface area contributed by atoms with E-state index in [1.54, 1.807) is 24.4 Å². The summed E-state index contributed by atoms with van der Waals surface area (Å²) >= 11 is 0. The van der Waals surface area contributed by atoms with Crippen molar-refractivity contribution in [3.05, 3.63) is 18.1 Å². The molecule has 0 spiro atoms. The van der Waals surface area contributed by atoms with Gasteiger partial charge in [-0.25, -0.2) is 9.78 Å². The zero-order valence-electron chi connectivity index (χ0n) is 15.2. The predicted octanol–water partition coefficient (Wildman–Crippen LogP) is 2.39. The minimum Gasteiger partial charge on any atom is -0.480 e. The third-order valence-electron chi connectivity index (χ3n) is 3.95. The van der Waals surface area contributed by atoms with Crippen LogP contribution >= 0.6 is 0 Å². The summed E-state index contributed by atoms with van der Waals surface area (Å²) < 4.78 is 10.8. The number of likely N-dealkylation sites (tertiary alicyclic amines) is 1. The van der Waals surface area contributed by atoms with E-state index in [2.05, 4.69) is 22.2 Å². The van der Waals surface area contributed by atoms with Crippen molar-refractivity contribution in [2.75, 3.05) is 26.7 Å². The van der Waals surface area contributed by atoms with Gasteiger partial charge in [0.05, 0.1) is 13.2 Å². The minimum absolute atomic E-state index is 0.00825. The maximum atomic E-state index is 12.3. The Hall–Kier alpha value is -1.89. The topological polar surface area (TPSA) is 76.6 Å². The molecule has 134 valence electrons. The Morgan fingerprint density at radius 2 is 2.12 bits per heavy atom. The van der Waals surface area contributed by atoms with Crippen molar-refractivity contribution < 1.29 is 14.3 Å². The number of aromatic nitrogens is 2. The van der Waals surface area contributed by atoms with E-state index < -0.39 is 5.60 Å². The van der Waals surface area contributed by atoms with E-state index in [9.17, 15) is 4.79 Å². The number of hydrogen-bond acceptors (Lipinski definition) is 6. The van der Waals surface area contributed by atoms with Gasteiger partial charge in [0.25, 0.3) is 0 Å². The molecule has 2 rings (SSSR count). The van der Waals surface area contributed by atoms with E-state index in [0.29, 0.717) is 19.0 Å². The second-order valence-electron chi connectivity index (χ2n) is 6.96. The van der Waals surface area contributed by atoms with Crippen molar-refractivity contribution in [1.29, 1.82) is 0 Å². The van der Waals surface area contributed by atoms with Crippen LogP contribution < -0.4 is 10.1 Å². The monoisotopic (exact) mass is 336 g/mol. The van der Waals surface area contributed by atoms with Crippen LogP contribution in [0.25, 0.3) is 0 Å². The lowest BCUT2D eigenvalue weighted by molar-refractivity contribution is 0.0285. The van der Waals surface area contributed by atoms with Crippen molar-refractivity contribution in [3.63, 3.8) is 0 Å². The second-order valence-corrected chi connectivity index (χ2v) is 6.96. The largest absolute Gasteiger partial charge is 0.480 e. The fourth-order valence-electron chi connectivity index (χ4n) is 2.96. The number of nitrogens with zero attached hydrogens (tertiary/aromatic N) is 3. The van der Waals surface area contributed by atoms with Crippen LogP contribution in [0.2, 0.25) is 0 Å². The highest BCUT2D eigenvalue weighted by atomic mass is 16.6. The number of carbonyl (C=O) groups is 1. The smallest absolute Gasteiger partial charge is 0.410 e. The summed E-state index contributed by atoms with van der Waals surface area (Å²) in [4.78, 5) is 22.7. The van der Waals surface area contributed by atoms with Crippen molar-refractivity contribution >= 4 is 6.09 Å². The number of ether oxygens (including phenoxy) is 2. The van der Waals surface area contributed by atoms with Crippen LogP contribution in [0.15, 0.2) is 12.4 Å². The van der Waals surface area contributed by atoms with Gasteiger partial charge in [-0.15, -0.1) is 0 Å². The lowest BCUT2D eigenvalue weighted by Gasteiger charge is -2.26. The molecule has 1 aliphatic heterocycles. The van der Waals surface area contributed by atoms with Gasteiger partial charge in [0.2, 0.25) is 5.88 Å². The third kappa shape index (κ3) is 4.56. The molecule has 2 heterocycles. The van der Waals surface area contributed by atoms with Crippen molar-refractivity contribution in [3.8, 4) is 5.88 Å². The standard InChI is InChI=1S/C17H28N4O3/c1-6-18-13(14-15(23-5)20-9-8-19-14)12-7-10-21(11-12)16(22)24-17(2,3)4/h8-9,12-13,18H,6-7,10-11H2,1-5H3. The zero-order valence-corrected chi connectivity index (χ0v) is 15.2. The van der Waals surface area contributed by atoms with Gasteiger partial charge in [-0.05, 0) is 39.7 Å². The summed E-state index contributed by atoms with van der Waals surface area (Å²) in [5, 5.41) is 3.46. The van der Waals surface area contributed by atoms with Crippen molar-refractivity contribution in [1.82, 2.24) is 20.2 Å². The first kappa shape index (κ1) is 18.4. The zero-order chi connectivity index (χ0) is 17.7. The number of methoxy groups -OCH3 is 1. The highest BCUT2D eigenvalue weighted by Crippen LogP contribution is 2.33. The molecule has 0 bridgehead atoms. The van der Waals surface area contributed by atoms with Gasteiger partial charge in [-0.3, -0.25) is 4.98 Å². The van der Waals surface area contributed by atoms with E-state index in [1.807, 2.05) is 20.8 Å². The molecule has 2 atom stereocenters. The number of nitrogens with one attached hydrogen (secondary N) is 1. The molecule has 2 unspecified atom stereocenters. The van der Waals surface area contributed by atoms with E-state index in [1.165, 1.54) is 0 Å². The number of hydrogen-bond donors (Lipinski definition) is 1. The molecular formula is C17H28N4O3. The van der Waals surface area contributed by atoms with Gasteiger partial charge in [0.1, 0.15) is 11.3 Å². The van der Waals surface area contributed by atoms with Gasteiger partial charge < -0.3 is 19.7 Å². The third-order valence-corrected chi connectivity index (χ3v) is 3.95. The maximum Gasteiger partial charge on any atom is 0.410 e. The normalized spacial score (nSPS) is 19.2. The molecule has 1 amide bonds. The summed E-state index contributed by atoms with van der Waals surface area (Å²) in [6.07, 6.45) is 3.92.